The molecule has 0 bridgehead atoms. The van der Waals surface area contributed by atoms with E-state index in [1.807, 2.05) is 0 Å². The zero-order valence-electron chi connectivity index (χ0n) is 13.8. The van der Waals surface area contributed by atoms with Crippen LogP contribution in [-0.4, -0.2) is 19.2 Å². The molecule has 25 heavy (non-hydrogen) atoms. The van der Waals surface area contributed by atoms with Crippen LogP contribution in [0.25, 0.3) is 0 Å². The van der Waals surface area contributed by atoms with E-state index in [0.717, 1.165) is 5.56 Å². The molecule has 0 radical (unpaired) electrons. The maximum absolute atomic E-state index is 13.0. The van der Waals surface area contributed by atoms with Crippen molar-refractivity contribution in [3.63, 3.8) is 0 Å². The second-order valence-electron chi connectivity index (χ2n) is 5.02. The first-order valence-electron chi connectivity index (χ1n) is 7.66. The quantitative estimate of drug-likeness (QED) is 0.498. The van der Waals surface area contributed by atoms with Gasteiger partial charge in [-0.3, -0.25) is 0 Å². The van der Waals surface area contributed by atoms with E-state index in [1.54, 1.807) is 19.1 Å². The third-order valence-corrected chi connectivity index (χ3v) is 3.45. The topological polar surface area (TPSA) is 44.8 Å². The fourth-order valence-corrected chi connectivity index (χ4v) is 2.31. The van der Waals surface area contributed by atoms with Crippen molar-refractivity contribution < 1.29 is 23.4 Å². The fourth-order valence-electron chi connectivity index (χ4n) is 2.04. The van der Waals surface area contributed by atoms with Crippen molar-refractivity contribution in [2.24, 2.45) is 0 Å². The van der Waals surface area contributed by atoms with E-state index in [-0.39, 0.29) is 29.6 Å². The molecule has 0 fully saturated rings. The lowest BCUT2D eigenvalue weighted by Crippen LogP contribution is -2.07. The molecule has 6 heteroatoms. The largest absolute Gasteiger partial charge is 0.490 e. The van der Waals surface area contributed by atoms with Crippen molar-refractivity contribution in [3.8, 4) is 11.5 Å². The van der Waals surface area contributed by atoms with Gasteiger partial charge < -0.3 is 14.2 Å². The van der Waals surface area contributed by atoms with Crippen LogP contribution < -0.4 is 9.47 Å². The number of ether oxygens (including phenoxy) is 3. The number of halogens is 2. The summed E-state index contributed by atoms with van der Waals surface area (Å²) in [5.41, 5.74) is 1.03. The van der Waals surface area contributed by atoms with Crippen LogP contribution in [0.5, 0.6) is 11.5 Å². The average molecular weight is 365 g/mol. The molecular weight excluding hydrogens is 347 g/mol. The van der Waals surface area contributed by atoms with Gasteiger partial charge in [-0.05, 0) is 36.8 Å². The standard InChI is InChI=1S/C19H18ClFO4/c1-3-9-24-19(22)14-10-16(20)18(17(11-14)23-4-2)25-12-13-5-7-15(21)8-6-13/h3,5-8,10-11H,1,4,9,12H2,2H3. The minimum absolute atomic E-state index is 0.100. The monoisotopic (exact) mass is 364 g/mol. The molecule has 0 aliphatic rings. The molecule has 0 aliphatic heterocycles. The van der Waals surface area contributed by atoms with Crippen LogP contribution in [0.3, 0.4) is 0 Å². The highest BCUT2D eigenvalue weighted by Crippen LogP contribution is 2.37. The molecule has 0 aliphatic carbocycles. The Hall–Kier alpha value is -2.53. The smallest absolute Gasteiger partial charge is 0.338 e. The van der Waals surface area contributed by atoms with Crippen molar-refractivity contribution in [2.45, 2.75) is 13.5 Å². The molecule has 0 spiro atoms. The van der Waals surface area contributed by atoms with Crippen LogP contribution in [0, 0.1) is 5.82 Å². The van der Waals surface area contributed by atoms with Crippen LogP contribution >= 0.6 is 11.6 Å². The van der Waals surface area contributed by atoms with Gasteiger partial charge in [0, 0.05) is 0 Å². The summed E-state index contributed by atoms with van der Waals surface area (Å²) in [5.74, 6) is -0.206. The van der Waals surface area contributed by atoms with Gasteiger partial charge in [0.05, 0.1) is 17.2 Å². The number of hydrogen-bond donors (Lipinski definition) is 0. The molecule has 2 aromatic carbocycles. The number of carbonyl (C=O) groups excluding carboxylic acids is 1. The fraction of sp³-hybridized carbons (Fsp3) is 0.211. The number of carbonyl (C=O) groups is 1. The van der Waals surface area contributed by atoms with E-state index in [0.29, 0.717) is 18.1 Å². The minimum atomic E-state index is -0.534. The van der Waals surface area contributed by atoms with Crippen molar-refractivity contribution in [1.29, 1.82) is 0 Å². The van der Waals surface area contributed by atoms with Gasteiger partial charge in [0.15, 0.2) is 11.5 Å². The van der Waals surface area contributed by atoms with E-state index >= 15 is 0 Å². The zero-order chi connectivity index (χ0) is 18.2. The summed E-state index contributed by atoms with van der Waals surface area (Å²) < 4.78 is 29.2. The number of benzene rings is 2. The minimum Gasteiger partial charge on any atom is -0.490 e. The van der Waals surface area contributed by atoms with E-state index in [1.165, 1.54) is 30.3 Å². The molecule has 2 aromatic rings. The van der Waals surface area contributed by atoms with Crippen LogP contribution in [0.15, 0.2) is 49.1 Å². The molecule has 0 amide bonds. The summed E-state index contributed by atoms with van der Waals surface area (Å²) in [6.07, 6.45) is 1.48. The average Bonchev–Trinajstić information content (AvgIpc) is 2.60. The Morgan fingerprint density at radius 2 is 1.96 bits per heavy atom. The maximum atomic E-state index is 13.0. The highest BCUT2D eigenvalue weighted by atomic mass is 35.5. The number of rotatable bonds is 8. The van der Waals surface area contributed by atoms with Crippen molar-refractivity contribution in [2.75, 3.05) is 13.2 Å². The zero-order valence-corrected chi connectivity index (χ0v) is 14.5. The highest BCUT2D eigenvalue weighted by Gasteiger charge is 2.17. The third-order valence-electron chi connectivity index (χ3n) is 3.17. The van der Waals surface area contributed by atoms with Gasteiger partial charge in [-0.2, -0.15) is 0 Å². The lowest BCUT2D eigenvalue weighted by Gasteiger charge is -2.15. The predicted molar refractivity (Wildman–Crippen MR) is 93.8 cm³/mol. The lowest BCUT2D eigenvalue weighted by molar-refractivity contribution is 0.0549. The molecule has 0 saturated heterocycles. The molecule has 2 rings (SSSR count). The second-order valence-corrected chi connectivity index (χ2v) is 5.43. The van der Waals surface area contributed by atoms with Gasteiger partial charge in [0.25, 0.3) is 0 Å². The van der Waals surface area contributed by atoms with Gasteiger partial charge >= 0.3 is 5.97 Å². The lowest BCUT2D eigenvalue weighted by atomic mass is 10.2. The predicted octanol–water partition coefficient (Wildman–Crippen LogP) is 4.80. The van der Waals surface area contributed by atoms with Gasteiger partial charge in [0.2, 0.25) is 0 Å². The summed E-state index contributed by atoms with van der Waals surface area (Å²) >= 11 is 6.25. The SMILES string of the molecule is C=CCOC(=O)c1cc(Cl)c(OCc2ccc(F)cc2)c(OCC)c1. The van der Waals surface area contributed by atoms with Crippen molar-refractivity contribution >= 4 is 17.6 Å². The summed E-state index contributed by atoms with van der Waals surface area (Å²) in [6.45, 7) is 5.95. The first-order chi connectivity index (χ1) is 12.0. The molecule has 0 saturated carbocycles. The third kappa shape index (κ3) is 5.22. The Morgan fingerprint density at radius 3 is 2.60 bits per heavy atom. The summed E-state index contributed by atoms with van der Waals surface area (Å²) in [6, 6.07) is 8.90. The van der Waals surface area contributed by atoms with Gasteiger partial charge in [-0.25, -0.2) is 9.18 Å². The summed E-state index contributed by atoms with van der Waals surface area (Å²) in [5, 5.41) is 0.221. The Kier molecular flexibility index (Phi) is 6.83. The van der Waals surface area contributed by atoms with E-state index in [4.69, 9.17) is 25.8 Å². The van der Waals surface area contributed by atoms with Gasteiger partial charge in [-0.15, -0.1) is 0 Å². The van der Waals surface area contributed by atoms with Crippen LogP contribution in [0.1, 0.15) is 22.8 Å². The molecule has 0 heterocycles. The number of hydrogen-bond acceptors (Lipinski definition) is 4. The molecule has 0 N–H and O–H groups in total. The van der Waals surface area contributed by atoms with Crippen LogP contribution in [0.4, 0.5) is 4.39 Å². The van der Waals surface area contributed by atoms with Crippen molar-refractivity contribution in [3.05, 3.63) is 71.0 Å². The van der Waals surface area contributed by atoms with Crippen molar-refractivity contribution in [1.82, 2.24) is 0 Å². The second kappa shape index (κ2) is 9.08. The summed E-state index contributed by atoms with van der Waals surface area (Å²) in [4.78, 5) is 12.0. The van der Waals surface area contributed by atoms with E-state index in [9.17, 15) is 9.18 Å². The molecule has 0 aromatic heterocycles. The summed E-state index contributed by atoms with van der Waals surface area (Å²) in [7, 11) is 0. The van der Waals surface area contributed by atoms with Gasteiger partial charge in [0.1, 0.15) is 19.0 Å². The Balaban J connectivity index is 2.22. The van der Waals surface area contributed by atoms with E-state index < -0.39 is 5.97 Å². The van der Waals surface area contributed by atoms with E-state index in [2.05, 4.69) is 6.58 Å². The number of esters is 1. The first-order valence-corrected chi connectivity index (χ1v) is 8.04. The Labute approximate surface area is 150 Å². The Morgan fingerprint density at radius 1 is 1.24 bits per heavy atom. The van der Waals surface area contributed by atoms with Crippen LogP contribution in [-0.2, 0) is 11.3 Å². The van der Waals surface area contributed by atoms with Crippen LogP contribution in [0.2, 0.25) is 5.02 Å². The normalized spacial score (nSPS) is 10.2. The maximum Gasteiger partial charge on any atom is 0.338 e. The first kappa shape index (κ1) is 18.8. The molecule has 0 unspecified atom stereocenters. The molecule has 132 valence electrons. The van der Waals surface area contributed by atoms with Gasteiger partial charge in [-0.1, -0.05) is 36.4 Å². The molecule has 4 nitrogen and oxygen atoms in total. The highest BCUT2D eigenvalue weighted by molar-refractivity contribution is 6.32. The Bertz CT molecular complexity index is 744. The molecular formula is C19H18ClFO4. The molecule has 0 atom stereocenters.